The molecule has 0 bridgehead atoms. The van der Waals surface area contributed by atoms with Crippen LogP contribution in [0.3, 0.4) is 0 Å². The summed E-state index contributed by atoms with van der Waals surface area (Å²) in [7, 11) is 0. The highest BCUT2D eigenvalue weighted by atomic mass is 32.2. The van der Waals surface area contributed by atoms with Crippen LogP contribution in [0.25, 0.3) is 6.08 Å². The molecule has 2 amide bonds. The fourth-order valence-electron chi connectivity index (χ4n) is 3.23. The Hall–Kier alpha value is -3.26. The molecule has 1 aliphatic rings. The third kappa shape index (κ3) is 4.96. The van der Waals surface area contributed by atoms with Gasteiger partial charge in [0.25, 0.3) is 11.1 Å². The molecule has 1 heterocycles. The van der Waals surface area contributed by atoms with E-state index in [-0.39, 0.29) is 11.1 Å². The maximum absolute atomic E-state index is 13.0. The number of hydrogen-bond acceptors (Lipinski definition) is 6. The van der Waals surface area contributed by atoms with Gasteiger partial charge in [-0.25, -0.2) is 9.69 Å². The first kappa shape index (κ1) is 23.4. The Morgan fingerprint density at radius 3 is 2.53 bits per heavy atom. The van der Waals surface area contributed by atoms with Crippen LogP contribution < -0.4 is 14.4 Å². The van der Waals surface area contributed by atoms with E-state index in [2.05, 4.69) is 0 Å². The van der Waals surface area contributed by atoms with Crippen LogP contribution >= 0.6 is 11.8 Å². The van der Waals surface area contributed by atoms with Crippen LogP contribution in [0.15, 0.2) is 41.3 Å². The van der Waals surface area contributed by atoms with Crippen molar-refractivity contribution >= 4 is 40.6 Å². The van der Waals surface area contributed by atoms with Crippen molar-refractivity contribution in [2.75, 3.05) is 11.5 Å². The Morgan fingerprint density at radius 1 is 1.12 bits per heavy atom. The molecule has 2 aromatic carbocycles. The zero-order valence-corrected chi connectivity index (χ0v) is 19.2. The minimum Gasteiger partial charge on any atom is -0.490 e. The number of nitrogens with zero attached hydrogens (tertiary/aromatic N) is 1. The number of rotatable bonds is 8. The molecule has 1 unspecified atom stereocenters. The Kier molecular flexibility index (Phi) is 7.25. The second-order valence-corrected chi connectivity index (χ2v) is 8.29. The van der Waals surface area contributed by atoms with Gasteiger partial charge in [0.05, 0.1) is 17.2 Å². The van der Waals surface area contributed by atoms with Gasteiger partial charge in [-0.05, 0) is 79.9 Å². The number of aryl methyl sites for hydroxylation is 2. The van der Waals surface area contributed by atoms with Gasteiger partial charge < -0.3 is 14.6 Å². The predicted molar refractivity (Wildman–Crippen MR) is 124 cm³/mol. The number of carbonyl (C=O) groups excluding carboxylic acids is 2. The molecular formula is C24H25NO6S. The smallest absolute Gasteiger partial charge is 0.344 e. The van der Waals surface area contributed by atoms with Gasteiger partial charge in [-0.15, -0.1) is 0 Å². The molecule has 0 aliphatic carbocycles. The molecule has 7 nitrogen and oxygen atoms in total. The molecule has 1 atom stereocenters. The highest BCUT2D eigenvalue weighted by molar-refractivity contribution is 8.19. The molecule has 0 radical (unpaired) electrons. The number of amides is 2. The van der Waals surface area contributed by atoms with E-state index in [1.807, 2.05) is 32.0 Å². The second-order valence-electron chi connectivity index (χ2n) is 7.30. The molecule has 1 N–H and O–H groups in total. The number of anilines is 1. The average molecular weight is 456 g/mol. The van der Waals surface area contributed by atoms with Gasteiger partial charge in [0.15, 0.2) is 17.6 Å². The van der Waals surface area contributed by atoms with Gasteiger partial charge >= 0.3 is 5.97 Å². The Balaban J connectivity index is 1.91. The summed E-state index contributed by atoms with van der Waals surface area (Å²) in [5.74, 6) is -0.764. The summed E-state index contributed by atoms with van der Waals surface area (Å²) in [6.07, 6.45) is 0.930. The van der Waals surface area contributed by atoms with Gasteiger partial charge in [-0.2, -0.15) is 0 Å². The summed E-state index contributed by atoms with van der Waals surface area (Å²) in [5.41, 5.74) is 3.00. The predicted octanol–water partition coefficient (Wildman–Crippen LogP) is 5.19. The minimum absolute atomic E-state index is 0.295. The van der Waals surface area contributed by atoms with Crippen LogP contribution in [-0.2, 0) is 9.59 Å². The summed E-state index contributed by atoms with van der Waals surface area (Å²) in [4.78, 5) is 38.4. The van der Waals surface area contributed by atoms with Crippen LogP contribution in [0.2, 0.25) is 0 Å². The van der Waals surface area contributed by atoms with Gasteiger partial charge in [0.1, 0.15) is 0 Å². The third-order valence-corrected chi connectivity index (χ3v) is 5.75. The van der Waals surface area contributed by atoms with E-state index >= 15 is 0 Å². The van der Waals surface area contributed by atoms with Gasteiger partial charge in [0.2, 0.25) is 0 Å². The molecule has 0 aromatic heterocycles. The highest BCUT2D eigenvalue weighted by Gasteiger charge is 2.37. The largest absolute Gasteiger partial charge is 0.490 e. The molecule has 1 fully saturated rings. The number of benzene rings is 2. The van der Waals surface area contributed by atoms with Crippen LogP contribution in [0.1, 0.15) is 37.0 Å². The first-order valence-electron chi connectivity index (χ1n) is 10.3. The molecular weight excluding hydrogens is 430 g/mol. The van der Waals surface area contributed by atoms with E-state index in [9.17, 15) is 19.5 Å². The lowest BCUT2D eigenvalue weighted by Gasteiger charge is -2.17. The summed E-state index contributed by atoms with van der Waals surface area (Å²) < 4.78 is 11.2. The molecule has 1 saturated heterocycles. The lowest BCUT2D eigenvalue weighted by molar-refractivity contribution is -0.145. The Bertz CT molecular complexity index is 1090. The van der Waals surface area contributed by atoms with Crippen molar-refractivity contribution in [1.29, 1.82) is 0 Å². The van der Waals surface area contributed by atoms with Crippen molar-refractivity contribution in [3.8, 4) is 11.5 Å². The van der Waals surface area contributed by atoms with Crippen LogP contribution in [0.4, 0.5) is 10.5 Å². The van der Waals surface area contributed by atoms with Crippen molar-refractivity contribution in [3.63, 3.8) is 0 Å². The zero-order valence-electron chi connectivity index (χ0n) is 18.4. The molecule has 3 rings (SSSR count). The summed E-state index contributed by atoms with van der Waals surface area (Å²) in [6.45, 7) is 7.65. The summed E-state index contributed by atoms with van der Waals surface area (Å²) >= 11 is 0.876. The van der Waals surface area contributed by atoms with Crippen molar-refractivity contribution in [1.82, 2.24) is 0 Å². The fourth-order valence-corrected chi connectivity index (χ4v) is 4.06. The second kappa shape index (κ2) is 9.91. The number of carboxylic acid groups (broad SMARTS) is 1. The van der Waals surface area contributed by atoms with Crippen molar-refractivity contribution in [3.05, 3.63) is 58.0 Å². The van der Waals surface area contributed by atoms with Gasteiger partial charge in [-0.1, -0.05) is 25.1 Å². The van der Waals surface area contributed by atoms with Crippen molar-refractivity contribution in [2.24, 2.45) is 0 Å². The van der Waals surface area contributed by atoms with Crippen LogP contribution in [-0.4, -0.2) is 34.9 Å². The zero-order chi connectivity index (χ0) is 23.4. The van der Waals surface area contributed by atoms with E-state index in [1.54, 1.807) is 38.1 Å². The van der Waals surface area contributed by atoms with Gasteiger partial charge in [-0.3, -0.25) is 9.59 Å². The van der Waals surface area contributed by atoms with Crippen molar-refractivity contribution in [2.45, 2.75) is 40.2 Å². The van der Waals surface area contributed by atoms with E-state index in [0.29, 0.717) is 40.7 Å². The summed E-state index contributed by atoms with van der Waals surface area (Å²) in [6, 6.07) is 10.6. The van der Waals surface area contributed by atoms with E-state index in [0.717, 1.165) is 22.9 Å². The molecule has 0 saturated carbocycles. The maximum atomic E-state index is 13.0. The Labute approximate surface area is 191 Å². The molecule has 1 aliphatic heterocycles. The monoisotopic (exact) mass is 455 g/mol. The van der Waals surface area contributed by atoms with Crippen LogP contribution in [0, 0.1) is 13.8 Å². The number of hydrogen-bond donors (Lipinski definition) is 1. The molecule has 32 heavy (non-hydrogen) atoms. The lowest BCUT2D eigenvalue weighted by atomic mass is 10.1. The highest BCUT2D eigenvalue weighted by Crippen LogP contribution is 2.38. The molecule has 168 valence electrons. The number of aliphatic carboxylic acids is 1. The van der Waals surface area contributed by atoms with E-state index < -0.39 is 12.1 Å². The molecule has 2 aromatic rings. The first-order valence-corrected chi connectivity index (χ1v) is 11.1. The normalized spacial score (nSPS) is 15.9. The first-order chi connectivity index (χ1) is 15.2. The number of ether oxygens (including phenoxy) is 2. The number of carboxylic acids is 1. The third-order valence-electron chi connectivity index (χ3n) is 4.88. The average Bonchev–Trinajstić information content (AvgIpc) is 3.02. The maximum Gasteiger partial charge on any atom is 0.344 e. The lowest BCUT2D eigenvalue weighted by Crippen LogP contribution is -2.28. The minimum atomic E-state index is -1.06. The topological polar surface area (TPSA) is 93.1 Å². The number of carbonyl (C=O) groups is 3. The number of imide groups is 1. The number of thioether (sulfide) groups is 1. The standard InChI is InChI=1S/C24H25NO6S/c1-5-18(23(27)28)31-19-10-9-16(12-20(19)30-6-2)13-21-22(26)25(24(29)32-21)17-11-14(3)7-8-15(17)4/h7-13,18H,5-6H2,1-4H3,(H,27,28)/b21-13+. The quantitative estimate of drug-likeness (QED) is 0.548. The SMILES string of the molecule is CCOc1cc(/C=C2/SC(=O)N(c3cc(C)ccc3C)C2=O)ccc1OC(CC)C(=O)O. The fraction of sp³-hybridized carbons (Fsp3) is 0.292. The van der Waals surface area contributed by atoms with Crippen molar-refractivity contribution < 1.29 is 29.0 Å². The summed E-state index contributed by atoms with van der Waals surface area (Å²) in [5, 5.41) is 8.90. The van der Waals surface area contributed by atoms with Gasteiger partial charge in [0, 0.05) is 0 Å². The van der Waals surface area contributed by atoms with E-state index in [1.165, 1.54) is 4.90 Å². The molecule has 8 heteroatoms. The van der Waals surface area contributed by atoms with E-state index in [4.69, 9.17) is 9.47 Å². The van der Waals surface area contributed by atoms with Crippen LogP contribution in [0.5, 0.6) is 11.5 Å². The Morgan fingerprint density at radius 2 is 1.88 bits per heavy atom. The molecule has 0 spiro atoms.